The normalized spacial score (nSPS) is 12.3. The zero-order chi connectivity index (χ0) is 20.1. The van der Waals surface area contributed by atoms with E-state index in [1.807, 2.05) is 0 Å². The molecule has 0 radical (unpaired) electrons. The molecule has 0 saturated carbocycles. The van der Waals surface area contributed by atoms with E-state index in [0.29, 0.717) is 11.3 Å². The number of hydrogen-bond donors (Lipinski definition) is 0. The second kappa shape index (κ2) is 6.13. The minimum atomic E-state index is 0.0670. The minimum Gasteiger partial charge on any atom is -0.309 e. The number of nitriles is 1. The third-order valence-electron chi connectivity index (χ3n) is 5.25. The number of nitrogens with zero attached hydrogens (tertiary/aromatic N) is 2. The van der Waals surface area contributed by atoms with Gasteiger partial charge < -0.3 is 4.57 Å². The van der Waals surface area contributed by atoms with Crippen LogP contribution in [0.3, 0.4) is 0 Å². The first kappa shape index (κ1) is 19.0. The van der Waals surface area contributed by atoms with Crippen LogP contribution in [0.1, 0.15) is 52.7 Å². The lowest BCUT2D eigenvalue weighted by Crippen LogP contribution is -2.10. The van der Waals surface area contributed by atoms with E-state index < -0.39 is 0 Å². The summed E-state index contributed by atoms with van der Waals surface area (Å²) < 4.78 is 2.06. The first-order valence-corrected chi connectivity index (χ1v) is 9.33. The zero-order valence-electron chi connectivity index (χ0n) is 17.3. The van der Waals surface area contributed by atoms with Gasteiger partial charge in [-0.05, 0) is 46.2 Å². The molecule has 138 valence electrons. The number of allylic oxidation sites excluding steroid dienone is 2. The van der Waals surface area contributed by atoms with Crippen molar-refractivity contribution in [1.29, 1.82) is 5.26 Å². The van der Waals surface area contributed by atoms with Crippen molar-refractivity contribution in [2.24, 2.45) is 0 Å². The molecule has 0 saturated heterocycles. The smallest absolute Gasteiger partial charge is 0.101 e. The van der Waals surface area contributed by atoms with Crippen molar-refractivity contribution in [2.45, 2.75) is 52.4 Å². The molecular weight excluding hydrogens is 328 g/mol. The summed E-state index contributed by atoms with van der Waals surface area (Å²) in [4.78, 5) is 0. The maximum Gasteiger partial charge on any atom is 0.101 e. The van der Waals surface area contributed by atoms with Crippen LogP contribution < -0.4 is 0 Å². The van der Waals surface area contributed by atoms with Crippen LogP contribution in [-0.2, 0) is 10.8 Å². The Hall–Kier alpha value is -2.79. The average molecular weight is 357 g/mol. The monoisotopic (exact) mass is 356 g/mol. The van der Waals surface area contributed by atoms with Gasteiger partial charge in [0.1, 0.15) is 6.07 Å². The Morgan fingerprint density at radius 3 is 1.56 bits per heavy atom. The molecule has 0 bridgehead atoms. The third kappa shape index (κ3) is 3.19. The summed E-state index contributed by atoms with van der Waals surface area (Å²) in [7, 11) is 0. The van der Waals surface area contributed by atoms with Gasteiger partial charge in [-0.3, -0.25) is 0 Å². The molecule has 0 atom stereocenters. The van der Waals surface area contributed by atoms with Gasteiger partial charge in [0.15, 0.2) is 0 Å². The van der Waals surface area contributed by atoms with Crippen molar-refractivity contribution in [3.05, 3.63) is 66.3 Å². The maximum absolute atomic E-state index is 9.33. The summed E-state index contributed by atoms with van der Waals surface area (Å²) >= 11 is 0. The SMILES string of the molecule is C=C(C#N)C(=C)n1c2ccc(C(C)(C)C)cc2c2cc(C(C)(C)C)ccc21. The molecule has 2 aromatic carbocycles. The molecule has 2 heteroatoms. The highest BCUT2D eigenvalue weighted by molar-refractivity contribution is 6.11. The highest BCUT2D eigenvalue weighted by Crippen LogP contribution is 2.37. The lowest BCUT2D eigenvalue weighted by atomic mass is 9.85. The molecule has 3 aromatic rings. The minimum absolute atomic E-state index is 0.0670. The lowest BCUT2D eigenvalue weighted by Gasteiger charge is -2.19. The van der Waals surface area contributed by atoms with Gasteiger partial charge in [0.05, 0.1) is 22.3 Å². The van der Waals surface area contributed by atoms with Crippen LogP contribution in [0, 0.1) is 11.3 Å². The fraction of sp³-hybridized carbons (Fsp3) is 0.320. The third-order valence-corrected chi connectivity index (χ3v) is 5.25. The van der Waals surface area contributed by atoms with Gasteiger partial charge in [-0.25, -0.2) is 0 Å². The number of hydrogen-bond acceptors (Lipinski definition) is 1. The molecule has 0 unspecified atom stereocenters. The van der Waals surface area contributed by atoms with Crippen molar-refractivity contribution in [1.82, 2.24) is 4.57 Å². The van der Waals surface area contributed by atoms with Crippen LogP contribution in [0.25, 0.3) is 27.5 Å². The Morgan fingerprint density at radius 1 is 0.815 bits per heavy atom. The van der Waals surface area contributed by atoms with Gasteiger partial charge in [-0.2, -0.15) is 5.26 Å². The number of benzene rings is 2. The standard InChI is InChI=1S/C25H28N2/c1-16(15-26)17(2)27-22-11-9-18(24(3,4)5)13-20(22)21-14-19(25(6,7)8)10-12-23(21)27/h9-14H,1-2H2,3-8H3. The van der Waals surface area contributed by atoms with Crippen molar-refractivity contribution >= 4 is 27.5 Å². The van der Waals surface area contributed by atoms with E-state index in [1.165, 1.54) is 21.9 Å². The second-order valence-electron chi connectivity index (χ2n) is 9.34. The first-order valence-electron chi connectivity index (χ1n) is 9.33. The van der Waals surface area contributed by atoms with E-state index in [2.05, 4.69) is 102 Å². The number of rotatable bonds is 2. The number of fused-ring (bicyclic) bond motifs is 3. The van der Waals surface area contributed by atoms with E-state index in [9.17, 15) is 5.26 Å². The van der Waals surface area contributed by atoms with Gasteiger partial charge in [-0.1, -0.05) is 66.8 Å². The molecule has 0 N–H and O–H groups in total. The summed E-state index contributed by atoms with van der Waals surface area (Å²) in [5.41, 5.74) is 5.85. The summed E-state index contributed by atoms with van der Waals surface area (Å²) in [5, 5.41) is 11.7. The van der Waals surface area contributed by atoms with Crippen molar-refractivity contribution in [2.75, 3.05) is 0 Å². The Bertz CT molecular complexity index is 1050. The molecule has 0 aliphatic heterocycles. The van der Waals surface area contributed by atoms with E-state index in [4.69, 9.17) is 0 Å². The van der Waals surface area contributed by atoms with Crippen molar-refractivity contribution in [3.8, 4) is 6.07 Å². The molecule has 1 heterocycles. The van der Waals surface area contributed by atoms with E-state index in [-0.39, 0.29) is 10.8 Å². The summed E-state index contributed by atoms with van der Waals surface area (Å²) in [5.74, 6) is 0. The lowest BCUT2D eigenvalue weighted by molar-refractivity contribution is 0.590. The summed E-state index contributed by atoms with van der Waals surface area (Å²) in [6, 6.07) is 15.3. The predicted molar refractivity (Wildman–Crippen MR) is 117 cm³/mol. The van der Waals surface area contributed by atoms with Gasteiger partial charge in [0, 0.05) is 10.8 Å². The van der Waals surface area contributed by atoms with Gasteiger partial charge in [0.2, 0.25) is 0 Å². The van der Waals surface area contributed by atoms with Crippen LogP contribution in [0.4, 0.5) is 0 Å². The molecule has 0 aliphatic carbocycles. The molecule has 1 aromatic heterocycles. The van der Waals surface area contributed by atoms with Crippen LogP contribution in [0.5, 0.6) is 0 Å². The first-order chi connectivity index (χ1) is 12.4. The second-order valence-corrected chi connectivity index (χ2v) is 9.34. The molecule has 0 aliphatic rings. The molecule has 0 fully saturated rings. The molecule has 2 nitrogen and oxygen atoms in total. The van der Waals surface area contributed by atoms with Crippen LogP contribution >= 0.6 is 0 Å². The van der Waals surface area contributed by atoms with Crippen LogP contribution in [0.15, 0.2) is 55.1 Å². The highest BCUT2D eigenvalue weighted by atomic mass is 15.0. The van der Waals surface area contributed by atoms with E-state index >= 15 is 0 Å². The fourth-order valence-corrected chi connectivity index (χ4v) is 3.45. The van der Waals surface area contributed by atoms with E-state index in [0.717, 1.165) is 11.0 Å². The predicted octanol–water partition coefficient (Wildman–Crippen LogP) is 6.94. The number of aromatic nitrogens is 1. The summed E-state index contributed by atoms with van der Waals surface area (Å²) in [6.07, 6.45) is 0. The van der Waals surface area contributed by atoms with Gasteiger partial charge >= 0.3 is 0 Å². The zero-order valence-corrected chi connectivity index (χ0v) is 17.3. The summed E-state index contributed by atoms with van der Waals surface area (Å²) in [6.45, 7) is 21.4. The largest absolute Gasteiger partial charge is 0.309 e. The molecule has 3 rings (SSSR count). The molecule has 0 spiro atoms. The van der Waals surface area contributed by atoms with Crippen molar-refractivity contribution < 1.29 is 0 Å². The maximum atomic E-state index is 9.33. The molecular formula is C25H28N2. The Labute approximate surface area is 162 Å². The van der Waals surface area contributed by atoms with Crippen LogP contribution in [-0.4, -0.2) is 4.57 Å². The Kier molecular flexibility index (Phi) is 4.31. The van der Waals surface area contributed by atoms with Gasteiger partial charge in [-0.15, -0.1) is 0 Å². The van der Waals surface area contributed by atoms with Crippen molar-refractivity contribution in [3.63, 3.8) is 0 Å². The van der Waals surface area contributed by atoms with E-state index in [1.54, 1.807) is 0 Å². The van der Waals surface area contributed by atoms with Gasteiger partial charge in [0.25, 0.3) is 0 Å². The Morgan fingerprint density at radius 2 is 1.22 bits per heavy atom. The average Bonchev–Trinajstić information content (AvgIpc) is 2.91. The highest BCUT2D eigenvalue weighted by Gasteiger charge is 2.21. The topological polar surface area (TPSA) is 28.7 Å². The molecule has 27 heavy (non-hydrogen) atoms. The molecule has 0 amide bonds. The Balaban J connectivity index is 2.45. The van der Waals surface area contributed by atoms with Crippen LogP contribution in [0.2, 0.25) is 0 Å². The fourth-order valence-electron chi connectivity index (χ4n) is 3.45. The quantitative estimate of drug-likeness (QED) is 0.361.